The molecular weight excluding hydrogens is 326 g/mol. The fourth-order valence-corrected chi connectivity index (χ4v) is 1.94. The molecule has 0 saturated carbocycles. The van der Waals surface area contributed by atoms with Crippen LogP contribution in [-0.2, 0) is 23.8 Å². The van der Waals surface area contributed by atoms with Crippen molar-refractivity contribution in [3.8, 4) is 0 Å². The number of hydrogen-bond acceptors (Lipinski definition) is 7. The lowest BCUT2D eigenvalue weighted by molar-refractivity contribution is -0.138. The van der Waals surface area contributed by atoms with E-state index in [1.54, 1.807) is 0 Å². The summed E-state index contributed by atoms with van der Waals surface area (Å²) in [5.41, 5.74) is 0.316. The number of carbonyl (C=O) groups excluding carboxylic acids is 3. The molecule has 8 heteroatoms. The molecule has 0 N–H and O–H groups in total. The Morgan fingerprint density at radius 2 is 1.74 bits per heavy atom. The number of halogens is 1. The van der Waals surface area contributed by atoms with Gasteiger partial charge in [-0.25, -0.2) is 14.4 Å². The number of ether oxygens (including phenoxy) is 3. The first-order valence-corrected chi connectivity index (χ1v) is 6.73. The number of anilines is 1. The van der Waals surface area contributed by atoms with E-state index in [0.717, 1.165) is 6.08 Å². The van der Waals surface area contributed by atoms with Crippen LogP contribution >= 0.6 is 11.6 Å². The molecular formula is C15H16ClNO6. The number of nitrogens with zero attached hydrogens (tertiary/aromatic N) is 1. The number of rotatable bonds is 5. The van der Waals surface area contributed by atoms with Gasteiger partial charge in [0.1, 0.15) is 5.70 Å². The molecule has 1 aromatic carbocycles. The first-order chi connectivity index (χ1) is 10.8. The summed E-state index contributed by atoms with van der Waals surface area (Å²) in [4.78, 5) is 36.6. The van der Waals surface area contributed by atoms with Crippen LogP contribution in [-0.4, -0.2) is 46.3 Å². The zero-order valence-corrected chi connectivity index (χ0v) is 13.8. The van der Waals surface area contributed by atoms with Crippen LogP contribution in [0.25, 0.3) is 0 Å². The topological polar surface area (TPSA) is 82.1 Å². The number of carbonyl (C=O) groups is 3. The fraction of sp³-hybridized carbons (Fsp3) is 0.267. The Hall–Kier alpha value is -2.54. The zero-order chi connectivity index (χ0) is 17.6. The minimum atomic E-state index is -0.774. The second kappa shape index (κ2) is 8.19. The number of hydrogen-bond donors (Lipinski definition) is 0. The molecule has 1 rings (SSSR count). The Balaban J connectivity index is 3.42. The van der Waals surface area contributed by atoms with E-state index < -0.39 is 17.9 Å². The van der Waals surface area contributed by atoms with Gasteiger partial charge in [0.2, 0.25) is 0 Å². The molecule has 0 aliphatic heterocycles. The van der Waals surface area contributed by atoms with E-state index in [4.69, 9.17) is 16.3 Å². The third-order valence-corrected chi connectivity index (χ3v) is 3.17. The molecule has 0 spiro atoms. The van der Waals surface area contributed by atoms with E-state index in [9.17, 15) is 14.4 Å². The van der Waals surface area contributed by atoms with E-state index in [0.29, 0.717) is 10.7 Å². The average molecular weight is 342 g/mol. The van der Waals surface area contributed by atoms with Crippen LogP contribution in [0.1, 0.15) is 10.4 Å². The molecule has 7 nitrogen and oxygen atoms in total. The minimum absolute atomic E-state index is 0.119. The zero-order valence-electron chi connectivity index (χ0n) is 13.1. The van der Waals surface area contributed by atoms with Crippen molar-refractivity contribution in [3.63, 3.8) is 0 Å². The standard InChI is InChI=1S/C15H16ClNO6/c1-17(12(15(20)23-4)8-13(18)21-2)11-6-5-9(16)7-10(11)14(19)22-3/h5-8H,1-4H3/b12-8+. The lowest BCUT2D eigenvalue weighted by Gasteiger charge is -2.23. The van der Waals surface area contributed by atoms with Gasteiger partial charge in [-0.15, -0.1) is 0 Å². The highest BCUT2D eigenvalue weighted by Crippen LogP contribution is 2.27. The predicted octanol–water partition coefficient (Wildman–Crippen LogP) is 1.79. The maximum atomic E-state index is 11.9. The van der Waals surface area contributed by atoms with Crippen molar-refractivity contribution >= 4 is 35.2 Å². The molecule has 1 aromatic rings. The van der Waals surface area contributed by atoms with Gasteiger partial charge < -0.3 is 19.1 Å². The Bertz CT molecular complexity index is 655. The molecule has 0 fully saturated rings. The summed E-state index contributed by atoms with van der Waals surface area (Å²) in [6.07, 6.45) is 0.960. The third-order valence-electron chi connectivity index (χ3n) is 2.94. The van der Waals surface area contributed by atoms with Crippen molar-refractivity contribution in [1.29, 1.82) is 0 Å². The Morgan fingerprint density at radius 3 is 2.26 bits per heavy atom. The van der Waals surface area contributed by atoms with Gasteiger partial charge in [0, 0.05) is 12.1 Å². The SMILES string of the molecule is COC(=O)/C=C(\C(=O)OC)N(C)c1ccc(Cl)cc1C(=O)OC. The van der Waals surface area contributed by atoms with Gasteiger partial charge in [-0.3, -0.25) is 0 Å². The van der Waals surface area contributed by atoms with Crippen LogP contribution in [0.3, 0.4) is 0 Å². The number of methoxy groups -OCH3 is 3. The highest BCUT2D eigenvalue weighted by molar-refractivity contribution is 6.31. The van der Waals surface area contributed by atoms with Crippen LogP contribution < -0.4 is 4.90 Å². The van der Waals surface area contributed by atoms with Gasteiger partial charge in [-0.1, -0.05) is 11.6 Å². The monoisotopic (exact) mass is 341 g/mol. The van der Waals surface area contributed by atoms with Crippen molar-refractivity contribution in [2.75, 3.05) is 33.3 Å². The number of likely N-dealkylation sites (N-methyl/N-ethyl adjacent to an activating group) is 1. The third kappa shape index (κ3) is 4.46. The number of esters is 3. The molecule has 0 saturated heterocycles. The van der Waals surface area contributed by atoms with E-state index in [1.807, 2.05) is 0 Å². The molecule has 0 aromatic heterocycles. The lowest BCUT2D eigenvalue weighted by atomic mass is 10.1. The highest BCUT2D eigenvalue weighted by Gasteiger charge is 2.23. The fourth-order valence-electron chi connectivity index (χ4n) is 1.77. The molecule has 0 unspecified atom stereocenters. The summed E-state index contributed by atoms with van der Waals surface area (Å²) in [5, 5.41) is 0.319. The molecule has 0 atom stereocenters. The van der Waals surface area contributed by atoms with Crippen LogP contribution in [0, 0.1) is 0 Å². The molecule has 0 aliphatic rings. The Labute approximate surface area is 138 Å². The molecule has 23 heavy (non-hydrogen) atoms. The van der Waals surface area contributed by atoms with Crippen molar-refractivity contribution in [1.82, 2.24) is 0 Å². The first kappa shape index (κ1) is 18.5. The largest absolute Gasteiger partial charge is 0.466 e. The Kier molecular flexibility index (Phi) is 6.59. The van der Waals surface area contributed by atoms with Gasteiger partial charge in [-0.2, -0.15) is 0 Å². The average Bonchev–Trinajstić information content (AvgIpc) is 2.57. The predicted molar refractivity (Wildman–Crippen MR) is 83.3 cm³/mol. The highest BCUT2D eigenvalue weighted by atomic mass is 35.5. The van der Waals surface area contributed by atoms with Crippen LogP contribution in [0.2, 0.25) is 5.02 Å². The van der Waals surface area contributed by atoms with Gasteiger partial charge in [-0.05, 0) is 18.2 Å². The van der Waals surface area contributed by atoms with E-state index in [2.05, 4.69) is 9.47 Å². The summed E-state index contributed by atoms with van der Waals surface area (Å²) in [6.45, 7) is 0. The van der Waals surface area contributed by atoms with Crippen LogP contribution in [0.15, 0.2) is 30.0 Å². The maximum Gasteiger partial charge on any atom is 0.354 e. The van der Waals surface area contributed by atoms with Crippen molar-refractivity contribution < 1.29 is 28.6 Å². The second-order valence-electron chi connectivity index (χ2n) is 4.26. The molecule has 0 amide bonds. The Morgan fingerprint density at radius 1 is 1.09 bits per heavy atom. The van der Waals surface area contributed by atoms with E-state index in [-0.39, 0.29) is 11.3 Å². The smallest absolute Gasteiger partial charge is 0.354 e. The van der Waals surface area contributed by atoms with E-state index in [1.165, 1.54) is 51.5 Å². The molecule has 0 radical (unpaired) electrons. The van der Waals surface area contributed by atoms with Crippen LogP contribution in [0.5, 0.6) is 0 Å². The quantitative estimate of drug-likeness (QED) is 0.458. The summed E-state index contributed by atoms with van der Waals surface area (Å²) >= 11 is 5.89. The van der Waals surface area contributed by atoms with Crippen molar-refractivity contribution in [2.45, 2.75) is 0 Å². The summed E-state index contributed by atoms with van der Waals surface area (Å²) in [6, 6.07) is 4.45. The molecule has 0 aliphatic carbocycles. The maximum absolute atomic E-state index is 11.9. The minimum Gasteiger partial charge on any atom is -0.466 e. The van der Waals surface area contributed by atoms with Crippen molar-refractivity contribution in [3.05, 3.63) is 40.6 Å². The lowest BCUT2D eigenvalue weighted by Crippen LogP contribution is -2.27. The molecule has 124 valence electrons. The van der Waals surface area contributed by atoms with Crippen LogP contribution in [0.4, 0.5) is 5.69 Å². The van der Waals surface area contributed by atoms with Crippen molar-refractivity contribution in [2.24, 2.45) is 0 Å². The van der Waals surface area contributed by atoms with Gasteiger partial charge >= 0.3 is 17.9 Å². The molecule has 0 heterocycles. The summed E-state index contributed by atoms with van der Waals surface area (Å²) in [5.74, 6) is -2.16. The van der Waals surface area contributed by atoms with E-state index >= 15 is 0 Å². The van der Waals surface area contributed by atoms with Gasteiger partial charge in [0.05, 0.1) is 38.7 Å². The first-order valence-electron chi connectivity index (χ1n) is 6.35. The van der Waals surface area contributed by atoms with Gasteiger partial charge in [0.15, 0.2) is 0 Å². The molecule has 0 bridgehead atoms. The summed E-state index contributed by atoms with van der Waals surface area (Å²) in [7, 11) is 5.06. The normalized spacial score (nSPS) is 10.7. The summed E-state index contributed by atoms with van der Waals surface area (Å²) < 4.78 is 13.9. The second-order valence-corrected chi connectivity index (χ2v) is 4.69. The van der Waals surface area contributed by atoms with Gasteiger partial charge in [0.25, 0.3) is 0 Å². The number of benzene rings is 1.